The molecule has 1 unspecified atom stereocenters. The zero-order valence-corrected chi connectivity index (χ0v) is 7.88. The molecule has 0 spiro atoms. The monoisotopic (exact) mass is 158 g/mol. The molecule has 0 bridgehead atoms. The lowest BCUT2D eigenvalue weighted by Gasteiger charge is -2.38. The van der Waals surface area contributed by atoms with Gasteiger partial charge in [0, 0.05) is 6.42 Å². The molecule has 1 aliphatic carbocycles. The quantitative estimate of drug-likeness (QED) is 0.564. The summed E-state index contributed by atoms with van der Waals surface area (Å²) in [5.74, 6) is 0. The number of aliphatic hydroxyl groups excluding tert-OH is 1. The maximum absolute atomic E-state index is 9.43. The summed E-state index contributed by atoms with van der Waals surface area (Å²) in [5, 5.41) is 9.43. The first-order chi connectivity index (χ1) is 5.00. The topological polar surface area (TPSA) is 20.2 Å². The predicted molar refractivity (Wildman–Crippen MR) is 46.3 cm³/mol. The van der Waals surface area contributed by atoms with Crippen LogP contribution in [0.1, 0.15) is 25.7 Å². The number of hydrogen-bond acceptors (Lipinski definition) is 1. The first-order valence-electron chi connectivity index (χ1n) is 4.49. The van der Waals surface area contributed by atoms with Crippen molar-refractivity contribution < 1.29 is 9.59 Å². The molecule has 2 nitrogen and oxygen atoms in total. The highest BCUT2D eigenvalue weighted by Gasteiger charge is 2.29. The van der Waals surface area contributed by atoms with E-state index in [9.17, 15) is 5.11 Å². The molecule has 1 N–H and O–H groups in total. The van der Waals surface area contributed by atoms with Gasteiger partial charge in [0.15, 0.2) is 0 Å². The Balaban J connectivity index is 2.46. The van der Waals surface area contributed by atoms with Crippen molar-refractivity contribution in [1.82, 2.24) is 0 Å². The predicted octanol–water partition coefficient (Wildman–Crippen LogP) is 0.996. The van der Waals surface area contributed by atoms with Gasteiger partial charge in [-0.15, -0.1) is 0 Å². The maximum Gasteiger partial charge on any atom is 0.0909 e. The molecule has 0 aliphatic heterocycles. The van der Waals surface area contributed by atoms with Crippen molar-refractivity contribution in [2.75, 3.05) is 21.1 Å². The zero-order valence-electron chi connectivity index (χ0n) is 7.88. The standard InChI is InChI=1S/C9H20NO/c1-10(2,3)8-5-4-6-9(11)7-8/h8-9,11H,4-7H2,1-3H3/q+1/t8?,9-/m0/s1. The average molecular weight is 158 g/mol. The minimum absolute atomic E-state index is 0.0360. The third-order valence-electron chi connectivity index (χ3n) is 2.71. The van der Waals surface area contributed by atoms with E-state index in [0.29, 0.717) is 6.04 Å². The van der Waals surface area contributed by atoms with Crippen LogP contribution in [0.2, 0.25) is 0 Å². The van der Waals surface area contributed by atoms with E-state index in [0.717, 1.165) is 17.3 Å². The summed E-state index contributed by atoms with van der Waals surface area (Å²) in [6, 6.07) is 0.666. The summed E-state index contributed by atoms with van der Waals surface area (Å²) in [4.78, 5) is 0. The van der Waals surface area contributed by atoms with E-state index in [-0.39, 0.29) is 6.10 Å². The molecule has 0 radical (unpaired) electrons. The van der Waals surface area contributed by atoms with E-state index in [4.69, 9.17) is 0 Å². The summed E-state index contributed by atoms with van der Waals surface area (Å²) in [6.45, 7) is 0. The molecule has 0 saturated heterocycles. The van der Waals surface area contributed by atoms with Gasteiger partial charge in [0.05, 0.1) is 33.3 Å². The molecule has 0 heterocycles. The number of rotatable bonds is 1. The average Bonchev–Trinajstić information content (AvgIpc) is 1.86. The molecular weight excluding hydrogens is 138 g/mol. The fourth-order valence-corrected chi connectivity index (χ4v) is 1.84. The van der Waals surface area contributed by atoms with Gasteiger partial charge in [-0.05, 0) is 19.3 Å². The highest BCUT2D eigenvalue weighted by molar-refractivity contribution is 4.71. The smallest absolute Gasteiger partial charge is 0.0909 e. The van der Waals surface area contributed by atoms with Crippen molar-refractivity contribution >= 4 is 0 Å². The van der Waals surface area contributed by atoms with Crippen LogP contribution in [0.4, 0.5) is 0 Å². The number of nitrogens with zero attached hydrogens (tertiary/aromatic N) is 1. The van der Waals surface area contributed by atoms with Gasteiger partial charge < -0.3 is 9.59 Å². The van der Waals surface area contributed by atoms with Crippen LogP contribution in [-0.2, 0) is 0 Å². The van der Waals surface area contributed by atoms with Gasteiger partial charge in [0.1, 0.15) is 0 Å². The summed E-state index contributed by atoms with van der Waals surface area (Å²) < 4.78 is 0.997. The SMILES string of the molecule is C[N+](C)(C)C1CCC[C@H](O)C1. The first kappa shape index (κ1) is 9.01. The van der Waals surface area contributed by atoms with Crippen molar-refractivity contribution in [3.05, 3.63) is 0 Å². The van der Waals surface area contributed by atoms with Crippen LogP contribution in [-0.4, -0.2) is 42.9 Å². The Hall–Kier alpha value is -0.0800. The zero-order chi connectivity index (χ0) is 8.48. The second kappa shape index (κ2) is 3.11. The van der Waals surface area contributed by atoms with Gasteiger partial charge in [0.2, 0.25) is 0 Å². The Morgan fingerprint density at radius 1 is 1.18 bits per heavy atom. The van der Waals surface area contributed by atoms with E-state index in [1.807, 2.05) is 0 Å². The molecule has 2 atom stereocenters. The Morgan fingerprint density at radius 2 is 1.82 bits per heavy atom. The van der Waals surface area contributed by atoms with Crippen molar-refractivity contribution in [3.63, 3.8) is 0 Å². The maximum atomic E-state index is 9.43. The fraction of sp³-hybridized carbons (Fsp3) is 1.00. The molecule has 0 amide bonds. The summed E-state index contributed by atoms with van der Waals surface area (Å²) >= 11 is 0. The molecule has 11 heavy (non-hydrogen) atoms. The highest BCUT2D eigenvalue weighted by atomic mass is 16.3. The lowest BCUT2D eigenvalue weighted by molar-refractivity contribution is -0.897. The molecule has 0 aromatic carbocycles. The van der Waals surface area contributed by atoms with Gasteiger partial charge in [-0.1, -0.05) is 0 Å². The molecule has 0 aromatic heterocycles. The third kappa shape index (κ3) is 2.46. The van der Waals surface area contributed by atoms with Crippen molar-refractivity contribution in [1.29, 1.82) is 0 Å². The van der Waals surface area contributed by atoms with Gasteiger partial charge in [0.25, 0.3) is 0 Å². The van der Waals surface area contributed by atoms with Crippen molar-refractivity contribution in [2.24, 2.45) is 0 Å². The van der Waals surface area contributed by atoms with E-state index >= 15 is 0 Å². The van der Waals surface area contributed by atoms with Crippen molar-refractivity contribution in [2.45, 2.75) is 37.8 Å². The lowest BCUT2D eigenvalue weighted by Crippen LogP contribution is -2.48. The van der Waals surface area contributed by atoms with E-state index in [1.165, 1.54) is 12.8 Å². The minimum Gasteiger partial charge on any atom is -0.393 e. The highest BCUT2D eigenvalue weighted by Crippen LogP contribution is 2.24. The molecule has 0 aromatic rings. The Morgan fingerprint density at radius 3 is 2.18 bits per heavy atom. The first-order valence-corrected chi connectivity index (χ1v) is 4.49. The van der Waals surface area contributed by atoms with E-state index in [1.54, 1.807) is 0 Å². The summed E-state index contributed by atoms with van der Waals surface area (Å²) in [5.41, 5.74) is 0. The Bertz CT molecular complexity index is 128. The van der Waals surface area contributed by atoms with Gasteiger partial charge >= 0.3 is 0 Å². The normalized spacial score (nSPS) is 33.8. The molecule has 2 heteroatoms. The van der Waals surface area contributed by atoms with Crippen LogP contribution >= 0.6 is 0 Å². The van der Waals surface area contributed by atoms with Crippen LogP contribution in [0, 0.1) is 0 Å². The Labute approximate surface area is 69.4 Å². The minimum atomic E-state index is -0.0360. The van der Waals surface area contributed by atoms with Crippen LogP contribution < -0.4 is 0 Å². The molecular formula is C9H20NO+. The van der Waals surface area contributed by atoms with Gasteiger partial charge in [-0.2, -0.15) is 0 Å². The Kier molecular flexibility index (Phi) is 2.55. The lowest BCUT2D eigenvalue weighted by atomic mass is 9.91. The third-order valence-corrected chi connectivity index (χ3v) is 2.71. The van der Waals surface area contributed by atoms with E-state index in [2.05, 4.69) is 21.1 Å². The molecule has 1 saturated carbocycles. The fourth-order valence-electron chi connectivity index (χ4n) is 1.84. The second-order valence-electron chi connectivity index (χ2n) is 4.59. The number of aliphatic hydroxyl groups is 1. The van der Waals surface area contributed by atoms with Crippen LogP contribution in [0.5, 0.6) is 0 Å². The molecule has 1 fully saturated rings. The number of hydrogen-bond donors (Lipinski definition) is 1. The van der Waals surface area contributed by atoms with Gasteiger partial charge in [-0.25, -0.2) is 0 Å². The molecule has 1 rings (SSSR count). The summed E-state index contributed by atoms with van der Waals surface area (Å²) in [7, 11) is 6.63. The van der Waals surface area contributed by atoms with Crippen molar-refractivity contribution in [3.8, 4) is 0 Å². The number of quaternary nitrogens is 1. The molecule has 66 valence electrons. The van der Waals surface area contributed by atoms with Crippen LogP contribution in [0.25, 0.3) is 0 Å². The summed E-state index contributed by atoms with van der Waals surface area (Å²) in [6.07, 6.45) is 4.44. The van der Waals surface area contributed by atoms with E-state index < -0.39 is 0 Å². The van der Waals surface area contributed by atoms with Crippen LogP contribution in [0.15, 0.2) is 0 Å². The second-order valence-corrected chi connectivity index (χ2v) is 4.59. The van der Waals surface area contributed by atoms with Gasteiger partial charge in [-0.3, -0.25) is 0 Å². The molecule has 1 aliphatic rings. The largest absolute Gasteiger partial charge is 0.393 e. The van der Waals surface area contributed by atoms with Crippen LogP contribution in [0.3, 0.4) is 0 Å².